The maximum Gasteiger partial charge on any atom is 0.255 e. The lowest BCUT2D eigenvalue weighted by Gasteiger charge is -2.32. The average molecular weight is 406 g/mol. The molecular weight excluding hydrogens is 392 g/mol. The summed E-state index contributed by atoms with van der Waals surface area (Å²) in [5.74, 6) is 0.169. The highest BCUT2D eigenvalue weighted by atomic mass is 79.9. The minimum absolute atomic E-state index is 0.0281. The smallest absolute Gasteiger partial charge is 0.255 e. The van der Waals surface area contributed by atoms with Gasteiger partial charge in [0.05, 0.1) is 10.6 Å². The van der Waals surface area contributed by atoms with Gasteiger partial charge in [-0.2, -0.15) is 0 Å². The Morgan fingerprint density at radius 3 is 2.79 bits per heavy atom. The molecule has 19 heavy (non-hydrogen) atoms. The Bertz CT molecular complexity index is 521. The van der Waals surface area contributed by atoms with Crippen molar-refractivity contribution in [1.29, 1.82) is 0 Å². The van der Waals surface area contributed by atoms with Crippen molar-refractivity contribution in [3.63, 3.8) is 0 Å². The molecule has 0 aliphatic carbocycles. The molecule has 0 bridgehead atoms. The van der Waals surface area contributed by atoms with E-state index in [4.69, 9.17) is 18.0 Å². The molecule has 1 saturated heterocycles. The van der Waals surface area contributed by atoms with Gasteiger partial charge in [0, 0.05) is 28.0 Å². The molecule has 1 aromatic rings. The van der Waals surface area contributed by atoms with Crippen LogP contribution in [0.2, 0.25) is 0 Å². The lowest BCUT2D eigenvalue weighted by molar-refractivity contribution is 0.0702. The van der Waals surface area contributed by atoms with Crippen molar-refractivity contribution in [2.45, 2.75) is 12.8 Å². The first-order valence-electron chi connectivity index (χ1n) is 6.02. The summed E-state index contributed by atoms with van der Waals surface area (Å²) in [5, 5.41) is 0. The van der Waals surface area contributed by atoms with E-state index < -0.39 is 0 Å². The lowest BCUT2D eigenvalue weighted by Crippen LogP contribution is -2.43. The highest BCUT2D eigenvalue weighted by Crippen LogP contribution is 2.25. The Hall–Kier alpha value is -0.460. The molecule has 0 radical (unpaired) electrons. The molecule has 0 spiro atoms. The second-order valence-corrected chi connectivity index (χ2v) is 6.86. The van der Waals surface area contributed by atoms with E-state index in [2.05, 4.69) is 31.9 Å². The van der Waals surface area contributed by atoms with E-state index >= 15 is 0 Å². The summed E-state index contributed by atoms with van der Waals surface area (Å²) in [7, 11) is 0. The number of benzene rings is 1. The van der Waals surface area contributed by atoms with Gasteiger partial charge in [-0.15, -0.1) is 0 Å². The first-order valence-corrected chi connectivity index (χ1v) is 8.02. The monoisotopic (exact) mass is 404 g/mol. The van der Waals surface area contributed by atoms with Gasteiger partial charge < -0.3 is 10.6 Å². The first kappa shape index (κ1) is 14.9. The molecule has 0 saturated carbocycles. The van der Waals surface area contributed by atoms with Crippen LogP contribution in [-0.4, -0.2) is 28.9 Å². The molecule has 1 atom stereocenters. The minimum atomic E-state index is 0.0281. The van der Waals surface area contributed by atoms with Crippen LogP contribution in [0.1, 0.15) is 23.2 Å². The number of halogens is 2. The lowest BCUT2D eigenvalue weighted by atomic mass is 9.97. The molecule has 3 nitrogen and oxygen atoms in total. The average Bonchev–Trinajstić information content (AvgIpc) is 2.38. The van der Waals surface area contributed by atoms with Crippen molar-refractivity contribution in [2.24, 2.45) is 11.7 Å². The number of hydrogen-bond donors (Lipinski definition) is 1. The van der Waals surface area contributed by atoms with Crippen LogP contribution in [-0.2, 0) is 0 Å². The van der Waals surface area contributed by atoms with Gasteiger partial charge in [-0.3, -0.25) is 4.79 Å². The number of likely N-dealkylation sites (tertiary alicyclic amines) is 1. The Balaban J connectivity index is 2.17. The van der Waals surface area contributed by atoms with Crippen molar-refractivity contribution < 1.29 is 4.79 Å². The fourth-order valence-corrected chi connectivity index (χ4v) is 3.64. The maximum absolute atomic E-state index is 12.5. The largest absolute Gasteiger partial charge is 0.393 e. The van der Waals surface area contributed by atoms with Crippen LogP contribution in [0.15, 0.2) is 27.1 Å². The SMILES string of the molecule is NC(=S)C1CCCN(C(=O)c2ccc(Br)cc2Br)C1. The number of nitrogens with two attached hydrogens (primary N) is 1. The quantitative estimate of drug-likeness (QED) is 0.767. The number of piperidine rings is 1. The van der Waals surface area contributed by atoms with Gasteiger partial charge in [0.1, 0.15) is 0 Å². The predicted octanol–water partition coefficient (Wildman–Crippen LogP) is 3.35. The minimum Gasteiger partial charge on any atom is -0.393 e. The molecular formula is C13H14Br2N2OS. The Morgan fingerprint density at radius 2 is 2.16 bits per heavy atom. The molecule has 6 heteroatoms. The molecule has 1 unspecified atom stereocenters. The van der Waals surface area contributed by atoms with E-state index in [1.54, 1.807) is 0 Å². The first-order chi connectivity index (χ1) is 8.99. The fourth-order valence-electron chi connectivity index (χ4n) is 2.23. The highest BCUT2D eigenvalue weighted by Gasteiger charge is 2.26. The molecule has 102 valence electrons. The van der Waals surface area contributed by atoms with Crippen LogP contribution < -0.4 is 5.73 Å². The highest BCUT2D eigenvalue weighted by molar-refractivity contribution is 9.11. The molecule has 1 heterocycles. The standard InChI is InChI=1S/C13H14Br2N2OS/c14-9-3-4-10(11(15)6-9)13(18)17-5-1-2-8(7-17)12(16)19/h3-4,6,8H,1-2,5,7H2,(H2,16,19). The molecule has 2 N–H and O–H groups in total. The normalized spacial score (nSPS) is 19.3. The third kappa shape index (κ3) is 3.55. The van der Waals surface area contributed by atoms with Gasteiger partial charge in [-0.05, 0) is 47.0 Å². The van der Waals surface area contributed by atoms with Crippen LogP contribution in [0.4, 0.5) is 0 Å². The third-order valence-corrected chi connectivity index (χ3v) is 4.76. The number of carbonyl (C=O) groups excluding carboxylic acids is 1. The third-order valence-electron chi connectivity index (χ3n) is 3.27. The number of carbonyl (C=O) groups is 1. The maximum atomic E-state index is 12.5. The summed E-state index contributed by atoms with van der Waals surface area (Å²) >= 11 is 11.9. The van der Waals surface area contributed by atoms with E-state index in [0.717, 1.165) is 28.3 Å². The number of amides is 1. The summed E-state index contributed by atoms with van der Waals surface area (Å²) in [6, 6.07) is 5.57. The summed E-state index contributed by atoms with van der Waals surface area (Å²) in [5.41, 5.74) is 6.37. The zero-order chi connectivity index (χ0) is 14.0. The summed E-state index contributed by atoms with van der Waals surface area (Å²) in [6.45, 7) is 1.39. The molecule has 0 aromatic heterocycles. The van der Waals surface area contributed by atoms with Crippen LogP contribution in [0.25, 0.3) is 0 Å². The van der Waals surface area contributed by atoms with Gasteiger partial charge in [-0.1, -0.05) is 28.1 Å². The van der Waals surface area contributed by atoms with Crippen molar-refractivity contribution in [3.8, 4) is 0 Å². The zero-order valence-electron chi connectivity index (χ0n) is 10.2. The van der Waals surface area contributed by atoms with E-state index in [9.17, 15) is 4.79 Å². The summed E-state index contributed by atoms with van der Waals surface area (Å²) < 4.78 is 1.74. The van der Waals surface area contributed by atoms with Crippen LogP contribution in [0, 0.1) is 5.92 Å². The van der Waals surface area contributed by atoms with Gasteiger partial charge in [0.25, 0.3) is 5.91 Å². The predicted molar refractivity (Wildman–Crippen MR) is 87.3 cm³/mol. The van der Waals surface area contributed by atoms with Gasteiger partial charge in [0.15, 0.2) is 0 Å². The summed E-state index contributed by atoms with van der Waals surface area (Å²) in [6.07, 6.45) is 1.92. The number of thiocarbonyl (C=S) groups is 1. The van der Waals surface area contributed by atoms with Crippen molar-refractivity contribution in [2.75, 3.05) is 13.1 Å². The zero-order valence-corrected chi connectivity index (χ0v) is 14.2. The molecule has 1 fully saturated rings. The van der Waals surface area contributed by atoms with Crippen LogP contribution in [0.3, 0.4) is 0 Å². The van der Waals surface area contributed by atoms with Gasteiger partial charge >= 0.3 is 0 Å². The second kappa shape index (κ2) is 6.33. The molecule has 1 aromatic carbocycles. The van der Waals surface area contributed by atoms with Crippen LogP contribution in [0.5, 0.6) is 0 Å². The van der Waals surface area contributed by atoms with E-state index in [1.807, 2.05) is 23.1 Å². The van der Waals surface area contributed by atoms with Crippen molar-refractivity contribution in [1.82, 2.24) is 4.90 Å². The second-order valence-electron chi connectivity index (χ2n) is 4.62. The van der Waals surface area contributed by atoms with E-state index in [-0.39, 0.29) is 11.8 Å². The summed E-state index contributed by atoms with van der Waals surface area (Å²) in [4.78, 5) is 14.8. The van der Waals surface area contributed by atoms with E-state index in [0.29, 0.717) is 17.1 Å². The number of rotatable bonds is 2. The van der Waals surface area contributed by atoms with Gasteiger partial charge in [-0.25, -0.2) is 0 Å². The molecule has 2 rings (SSSR count). The molecule has 1 aliphatic rings. The van der Waals surface area contributed by atoms with Crippen molar-refractivity contribution in [3.05, 3.63) is 32.7 Å². The number of hydrogen-bond acceptors (Lipinski definition) is 2. The fraction of sp³-hybridized carbons (Fsp3) is 0.385. The molecule has 1 amide bonds. The van der Waals surface area contributed by atoms with Gasteiger partial charge in [0.2, 0.25) is 0 Å². The van der Waals surface area contributed by atoms with E-state index in [1.165, 1.54) is 0 Å². The molecule has 1 aliphatic heterocycles. The topological polar surface area (TPSA) is 46.3 Å². The Kier molecular flexibility index (Phi) is 4.97. The Labute approximate surface area is 134 Å². The Morgan fingerprint density at radius 1 is 1.42 bits per heavy atom. The van der Waals surface area contributed by atoms with Crippen LogP contribution >= 0.6 is 44.1 Å². The van der Waals surface area contributed by atoms with Crippen molar-refractivity contribution >= 4 is 55.0 Å². The number of nitrogens with zero attached hydrogens (tertiary/aromatic N) is 1.